The monoisotopic (exact) mass is 338 g/mol. The number of hydrogen-bond donors (Lipinski definition) is 0. The highest BCUT2D eigenvalue weighted by Crippen LogP contribution is 2.34. The molecule has 0 saturated heterocycles. The molecule has 0 saturated carbocycles. The Hall–Kier alpha value is -2.82. The van der Waals surface area contributed by atoms with Gasteiger partial charge in [-0.1, -0.05) is 17.7 Å². The molecule has 25 heavy (non-hydrogen) atoms. The second-order valence-corrected chi connectivity index (χ2v) is 6.48. The van der Waals surface area contributed by atoms with Gasteiger partial charge in [-0.25, -0.2) is 13.5 Å². The molecule has 1 heterocycles. The van der Waals surface area contributed by atoms with Gasteiger partial charge in [-0.15, -0.1) is 0 Å². The lowest BCUT2D eigenvalue weighted by Gasteiger charge is -2.23. The Kier molecular flexibility index (Phi) is 3.71. The number of benzene rings is 2. The van der Waals surface area contributed by atoms with Crippen LogP contribution in [0.4, 0.5) is 8.78 Å². The lowest BCUT2D eigenvalue weighted by molar-refractivity contribution is 0.0963. The van der Waals surface area contributed by atoms with E-state index in [0.717, 1.165) is 23.0 Å². The van der Waals surface area contributed by atoms with Crippen molar-refractivity contribution >= 4 is 5.78 Å². The lowest BCUT2D eigenvalue weighted by Crippen LogP contribution is -2.20. The normalized spacial score (nSPS) is 16.8. The third-order valence-corrected chi connectivity index (χ3v) is 4.68. The molecule has 5 heteroatoms. The van der Waals surface area contributed by atoms with Gasteiger partial charge >= 0.3 is 0 Å². The fourth-order valence-electron chi connectivity index (χ4n) is 3.40. The Morgan fingerprint density at radius 2 is 1.72 bits per heavy atom. The second-order valence-electron chi connectivity index (χ2n) is 6.48. The van der Waals surface area contributed by atoms with Crippen molar-refractivity contribution in [3.63, 3.8) is 0 Å². The summed E-state index contributed by atoms with van der Waals surface area (Å²) in [7, 11) is 0. The van der Waals surface area contributed by atoms with E-state index in [0.29, 0.717) is 17.5 Å². The molecular weight excluding hydrogens is 322 g/mol. The predicted molar refractivity (Wildman–Crippen MR) is 90.1 cm³/mol. The molecule has 0 aliphatic heterocycles. The van der Waals surface area contributed by atoms with Crippen molar-refractivity contribution in [1.82, 2.24) is 9.78 Å². The largest absolute Gasteiger partial charge is 0.294 e. The van der Waals surface area contributed by atoms with Crippen LogP contribution in [-0.4, -0.2) is 15.6 Å². The van der Waals surface area contributed by atoms with Crippen LogP contribution in [0, 0.1) is 18.6 Å². The first-order valence-electron chi connectivity index (χ1n) is 8.14. The van der Waals surface area contributed by atoms with E-state index in [4.69, 9.17) is 0 Å². The highest BCUT2D eigenvalue weighted by molar-refractivity contribution is 5.98. The van der Waals surface area contributed by atoms with E-state index in [9.17, 15) is 13.6 Å². The highest BCUT2D eigenvalue weighted by Gasteiger charge is 2.30. The van der Waals surface area contributed by atoms with Crippen LogP contribution in [0.15, 0.2) is 48.7 Å². The summed E-state index contributed by atoms with van der Waals surface area (Å²) in [4.78, 5) is 12.5. The molecule has 0 fully saturated rings. The summed E-state index contributed by atoms with van der Waals surface area (Å²) in [5, 5.41) is 4.36. The maximum Gasteiger partial charge on any atom is 0.166 e. The minimum Gasteiger partial charge on any atom is -0.294 e. The molecule has 3 aromatic rings. The molecule has 1 aliphatic carbocycles. The molecule has 0 bridgehead atoms. The summed E-state index contributed by atoms with van der Waals surface area (Å²) < 4.78 is 28.9. The molecule has 0 radical (unpaired) electrons. The average molecular weight is 338 g/mol. The van der Waals surface area contributed by atoms with E-state index >= 15 is 0 Å². The maximum atomic E-state index is 13.6. The molecule has 0 N–H and O–H groups in total. The van der Waals surface area contributed by atoms with E-state index in [1.807, 2.05) is 31.2 Å². The number of Topliss-reactive ketones (excluding diaryl/α,β-unsaturated/α-hetero) is 1. The second kappa shape index (κ2) is 5.92. The Bertz CT molecular complexity index is 940. The molecule has 2 aromatic carbocycles. The van der Waals surface area contributed by atoms with Crippen LogP contribution < -0.4 is 0 Å². The van der Waals surface area contributed by atoms with E-state index in [2.05, 4.69) is 5.10 Å². The van der Waals surface area contributed by atoms with Crippen molar-refractivity contribution < 1.29 is 13.6 Å². The van der Waals surface area contributed by atoms with E-state index in [-0.39, 0.29) is 18.1 Å². The van der Waals surface area contributed by atoms with E-state index in [1.165, 1.54) is 12.1 Å². The Balaban J connectivity index is 1.75. The average Bonchev–Trinajstić information content (AvgIpc) is 2.99. The fourth-order valence-corrected chi connectivity index (χ4v) is 3.40. The van der Waals surface area contributed by atoms with Crippen LogP contribution in [0.2, 0.25) is 0 Å². The third-order valence-electron chi connectivity index (χ3n) is 4.68. The van der Waals surface area contributed by atoms with Crippen LogP contribution in [0.3, 0.4) is 0 Å². The standard InChI is InChI=1S/C20H16F2N2O/c1-12-2-4-17(5-3-12)24-19-8-14(9-20(25)18(19)11-23-24)13-6-15(21)10-16(22)7-13/h2-7,10-11,14H,8-9H2,1H3. The van der Waals surface area contributed by atoms with Crippen LogP contribution in [-0.2, 0) is 6.42 Å². The van der Waals surface area contributed by atoms with Crippen molar-refractivity contribution in [3.8, 4) is 5.69 Å². The van der Waals surface area contributed by atoms with E-state index < -0.39 is 11.6 Å². The van der Waals surface area contributed by atoms with Gasteiger partial charge in [0.2, 0.25) is 0 Å². The minimum absolute atomic E-state index is 0.0470. The van der Waals surface area contributed by atoms with Crippen molar-refractivity contribution in [2.45, 2.75) is 25.7 Å². The predicted octanol–water partition coefficient (Wildman–Crippen LogP) is 4.37. The Labute approximate surface area is 143 Å². The molecule has 4 rings (SSSR count). The fraction of sp³-hybridized carbons (Fsp3) is 0.200. The first kappa shape index (κ1) is 15.7. The molecule has 3 nitrogen and oxygen atoms in total. The summed E-state index contributed by atoms with van der Waals surface area (Å²) in [5.74, 6) is -1.55. The molecule has 1 aliphatic rings. The zero-order valence-electron chi connectivity index (χ0n) is 13.7. The SMILES string of the molecule is Cc1ccc(-n2ncc3c2CC(c2cc(F)cc(F)c2)CC3=O)cc1. The summed E-state index contributed by atoms with van der Waals surface area (Å²) in [6.07, 6.45) is 2.33. The van der Waals surface area contributed by atoms with Gasteiger partial charge in [0, 0.05) is 12.5 Å². The number of nitrogens with zero attached hydrogens (tertiary/aromatic N) is 2. The Morgan fingerprint density at radius 1 is 1.04 bits per heavy atom. The number of ketones is 1. The molecule has 0 amide bonds. The molecule has 1 atom stereocenters. The highest BCUT2D eigenvalue weighted by atomic mass is 19.1. The van der Waals surface area contributed by atoms with Gasteiger partial charge in [0.1, 0.15) is 11.6 Å². The third kappa shape index (κ3) is 2.86. The number of carbonyl (C=O) groups is 1. The summed E-state index contributed by atoms with van der Waals surface area (Å²) in [6, 6.07) is 11.3. The first-order chi connectivity index (χ1) is 12.0. The zero-order valence-corrected chi connectivity index (χ0v) is 13.7. The zero-order chi connectivity index (χ0) is 17.6. The smallest absolute Gasteiger partial charge is 0.166 e. The Morgan fingerprint density at radius 3 is 2.40 bits per heavy atom. The summed E-state index contributed by atoms with van der Waals surface area (Å²) in [5.41, 5.74) is 3.89. The summed E-state index contributed by atoms with van der Waals surface area (Å²) >= 11 is 0. The topological polar surface area (TPSA) is 34.9 Å². The maximum absolute atomic E-state index is 13.6. The number of halogens is 2. The van der Waals surface area contributed by atoms with Gasteiger partial charge in [0.05, 0.1) is 23.1 Å². The van der Waals surface area contributed by atoms with Gasteiger partial charge in [-0.05, 0) is 49.1 Å². The van der Waals surface area contributed by atoms with Crippen LogP contribution in [0.5, 0.6) is 0 Å². The van der Waals surface area contributed by atoms with Gasteiger partial charge < -0.3 is 0 Å². The van der Waals surface area contributed by atoms with Crippen LogP contribution in [0.1, 0.15) is 39.5 Å². The van der Waals surface area contributed by atoms with Gasteiger partial charge in [0.15, 0.2) is 5.78 Å². The number of aromatic nitrogens is 2. The van der Waals surface area contributed by atoms with Crippen molar-refractivity contribution in [1.29, 1.82) is 0 Å². The molecular formula is C20H16F2N2O. The molecule has 126 valence electrons. The summed E-state index contributed by atoms with van der Waals surface area (Å²) in [6.45, 7) is 2.00. The number of aryl methyl sites for hydroxylation is 1. The number of carbonyl (C=O) groups excluding carboxylic acids is 1. The van der Waals surface area contributed by atoms with Gasteiger partial charge in [0.25, 0.3) is 0 Å². The number of hydrogen-bond acceptors (Lipinski definition) is 2. The molecule has 1 unspecified atom stereocenters. The molecule has 0 spiro atoms. The number of rotatable bonds is 2. The van der Waals surface area contributed by atoms with Crippen LogP contribution in [0.25, 0.3) is 5.69 Å². The quantitative estimate of drug-likeness (QED) is 0.695. The van der Waals surface area contributed by atoms with Crippen molar-refractivity contribution in [2.75, 3.05) is 0 Å². The van der Waals surface area contributed by atoms with Gasteiger partial charge in [-0.3, -0.25) is 4.79 Å². The lowest BCUT2D eigenvalue weighted by atomic mass is 9.82. The van der Waals surface area contributed by atoms with Crippen molar-refractivity contribution in [2.24, 2.45) is 0 Å². The van der Waals surface area contributed by atoms with Gasteiger partial charge in [-0.2, -0.15) is 5.10 Å². The van der Waals surface area contributed by atoms with Crippen LogP contribution >= 0.6 is 0 Å². The van der Waals surface area contributed by atoms with E-state index in [1.54, 1.807) is 10.9 Å². The van der Waals surface area contributed by atoms with Crippen molar-refractivity contribution in [3.05, 3.63) is 82.7 Å². The molecule has 1 aromatic heterocycles. The first-order valence-corrected chi connectivity index (χ1v) is 8.14. The minimum atomic E-state index is -0.625. The number of fused-ring (bicyclic) bond motifs is 1.